The lowest BCUT2D eigenvalue weighted by molar-refractivity contribution is 0.620. The molecule has 1 atom stereocenters. The van der Waals surface area contributed by atoms with Crippen LogP contribution in [0.4, 0.5) is 5.69 Å². The van der Waals surface area contributed by atoms with Crippen LogP contribution in [0.15, 0.2) is 66.9 Å². The first-order chi connectivity index (χ1) is 10.9. The molecule has 0 amide bonds. The molecule has 0 bridgehead atoms. The highest BCUT2D eigenvalue weighted by molar-refractivity contribution is 5.59. The van der Waals surface area contributed by atoms with Gasteiger partial charge in [-0.2, -0.15) is 5.10 Å². The Bertz CT molecular complexity index is 734. The van der Waals surface area contributed by atoms with Crippen LogP contribution in [0.25, 0.3) is 0 Å². The normalized spacial score (nSPS) is 17.3. The summed E-state index contributed by atoms with van der Waals surface area (Å²) in [6.45, 7) is 2.03. The van der Waals surface area contributed by atoms with Gasteiger partial charge < -0.3 is 4.90 Å². The Morgan fingerprint density at radius 2 is 1.82 bits per heavy atom. The first kappa shape index (κ1) is 13.1. The SMILES string of the molecule is c1ccc(CN2CC[C@H](c3ccn[nH]3)c3ccccc32)cc1. The zero-order chi connectivity index (χ0) is 14.8. The van der Waals surface area contributed by atoms with E-state index in [1.54, 1.807) is 0 Å². The quantitative estimate of drug-likeness (QED) is 0.791. The summed E-state index contributed by atoms with van der Waals surface area (Å²) in [7, 11) is 0. The van der Waals surface area contributed by atoms with Crippen LogP contribution in [0.5, 0.6) is 0 Å². The lowest BCUT2D eigenvalue weighted by Gasteiger charge is -2.35. The maximum atomic E-state index is 4.12. The van der Waals surface area contributed by atoms with Crippen molar-refractivity contribution in [2.45, 2.75) is 18.9 Å². The van der Waals surface area contributed by atoms with Crippen LogP contribution in [0, 0.1) is 0 Å². The Kier molecular flexibility index (Phi) is 3.39. The molecule has 0 aliphatic carbocycles. The number of nitrogens with one attached hydrogen (secondary N) is 1. The van der Waals surface area contributed by atoms with Gasteiger partial charge in [0.1, 0.15) is 0 Å². The number of hydrogen-bond acceptors (Lipinski definition) is 2. The van der Waals surface area contributed by atoms with E-state index in [1.165, 1.54) is 22.5 Å². The molecule has 0 saturated heterocycles. The summed E-state index contributed by atoms with van der Waals surface area (Å²) in [5, 5.41) is 7.26. The van der Waals surface area contributed by atoms with Crippen LogP contribution >= 0.6 is 0 Å². The number of benzene rings is 2. The number of anilines is 1. The van der Waals surface area contributed by atoms with E-state index in [0.717, 1.165) is 19.5 Å². The molecule has 0 spiro atoms. The topological polar surface area (TPSA) is 31.9 Å². The molecule has 3 aromatic rings. The minimum atomic E-state index is 0.422. The largest absolute Gasteiger partial charge is 0.367 e. The Morgan fingerprint density at radius 3 is 2.64 bits per heavy atom. The summed E-state index contributed by atoms with van der Waals surface area (Å²) >= 11 is 0. The first-order valence-corrected chi connectivity index (χ1v) is 7.79. The van der Waals surface area contributed by atoms with Crippen LogP contribution in [0.3, 0.4) is 0 Å². The smallest absolute Gasteiger partial charge is 0.0490 e. The van der Waals surface area contributed by atoms with Crippen molar-refractivity contribution >= 4 is 5.69 Å². The van der Waals surface area contributed by atoms with Crippen molar-refractivity contribution in [3.63, 3.8) is 0 Å². The van der Waals surface area contributed by atoms with Crippen molar-refractivity contribution in [3.8, 4) is 0 Å². The number of hydrogen-bond donors (Lipinski definition) is 1. The molecule has 1 N–H and O–H groups in total. The Balaban J connectivity index is 1.67. The van der Waals surface area contributed by atoms with Gasteiger partial charge >= 0.3 is 0 Å². The molecule has 1 aromatic heterocycles. The summed E-state index contributed by atoms with van der Waals surface area (Å²) in [6.07, 6.45) is 2.96. The number of rotatable bonds is 3. The van der Waals surface area contributed by atoms with E-state index in [1.807, 2.05) is 6.20 Å². The summed E-state index contributed by atoms with van der Waals surface area (Å²) in [5.74, 6) is 0.422. The number of nitrogens with zero attached hydrogens (tertiary/aromatic N) is 2. The average molecular weight is 289 g/mol. The van der Waals surface area contributed by atoms with E-state index >= 15 is 0 Å². The minimum Gasteiger partial charge on any atom is -0.367 e. The van der Waals surface area contributed by atoms with Crippen molar-refractivity contribution in [2.24, 2.45) is 0 Å². The van der Waals surface area contributed by atoms with Crippen molar-refractivity contribution in [2.75, 3.05) is 11.4 Å². The van der Waals surface area contributed by atoms with E-state index < -0.39 is 0 Å². The molecule has 3 nitrogen and oxygen atoms in total. The minimum absolute atomic E-state index is 0.422. The molecule has 0 fully saturated rings. The molecule has 4 rings (SSSR count). The zero-order valence-electron chi connectivity index (χ0n) is 12.4. The third-order valence-corrected chi connectivity index (χ3v) is 4.45. The van der Waals surface area contributed by atoms with E-state index in [4.69, 9.17) is 0 Å². The van der Waals surface area contributed by atoms with Crippen LogP contribution in [-0.4, -0.2) is 16.7 Å². The molecule has 1 aliphatic rings. The van der Waals surface area contributed by atoms with Gasteiger partial charge in [-0.3, -0.25) is 5.10 Å². The van der Waals surface area contributed by atoms with Crippen molar-refractivity contribution in [1.29, 1.82) is 0 Å². The van der Waals surface area contributed by atoms with Crippen LogP contribution in [0.2, 0.25) is 0 Å². The summed E-state index contributed by atoms with van der Waals surface area (Å²) in [6, 6.07) is 21.5. The van der Waals surface area contributed by atoms with E-state index in [-0.39, 0.29) is 0 Å². The Labute approximate surface area is 130 Å². The second-order valence-electron chi connectivity index (χ2n) is 5.82. The number of H-pyrrole nitrogens is 1. The molecule has 0 radical (unpaired) electrons. The molecular weight excluding hydrogens is 270 g/mol. The van der Waals surface area contributed by atoms with Gasteiger partial charge in [-0.05, 0) is 29.7 Å². The fourth-order valence-electron chi connectivity index (χ4n) is 3.38. The van der Waals surface area contributed by atoms with Gasteiger partial charge in [0.15, 0.2) is 0 Å². The van der Waals surface area contributed by atoms with Gasteiger partial charge in [-0.1, -0.05) is 48.5 Å². The fraction of sp³-hybridized carbons (Fsp3) is 0.211. The van der Waals surface area contributed by atoms with Crippen molar-refractivity contribution < 1.29 is 0 Å². The monoisotopic (exact) mass is 289 g/mol. The fourth-order valence-corrected chi connectivity index (χ4v) is 3.38. The maximum Gasteiger partial charge on any atom is 0.0490 e. The number of aromatic nitrogens is 2. The van der Waals surface area contributed by atoms with Crippen LogP contribution in [0.1, 0.15) is 29.2 Å². The third kappa shape index (κ3) is 2.39. The highest BCUT2D eigenvalue weighted by Gasteiger charge is 2.26. The lowest BCUT2D eigenvalue weighted by Crippen LogP contribution is -2.31. The predicted molar refractivity (Wildman–Crippen MR) is 89.0 cm³/mol. The molecule has 2 aromatic carbocycles. The number of para-hydroxylation sites is 1. The molecule has 110 valence electrons. The predicted octanol–water partition coefficient (Wildman–Crippen LogP) is 3.95. The average Bonchev–Trinajstić information content (AvgIpc) is 3.10. The second kappa shape index (κ2) is 5.68. The lowest BCUT2D eigenvalue weighted by atomic mass is 9.87. The molecular formula is C19H19N3. The second-order valence-corrected chi connectivity index (χ2v) is 5.82. The summed E-state index contributed by atoms with van der Waals surface area (Å²) < 4.78 is 0. The van der Waals surface area contributed by atoms with Gasteiger partial charge in [-0.25, -0.2) is 0 Å². The Hall–Kier alpha value is -2.55. The van der Waals surface area contributed by atoms with Crippen LogP contribution in [-0.2, 0) is 6.54 Å². The van der Waals surface area contributed by atoms with E-state index in [2.05, 4.69) is 75.8 Å². The zero-order valence-corrected chi connectivity index (χ0v) is 12.4. The molecule has 0 unspecified atom stereocenters. The van der Waals surface area contributed by atoms with Gasteiger partial charge in [0, 0.05) is 36.6 Å². The van der Waals surface area contributed by atoms with Gasteiger partial charge in [0.05, 0.1) is 0 Å². The van der Waals surface area contributed by atoms with E-state index in [0.29, 0.717) is 5.92 Å². The van der Waals surface area contributed by atoms with Crippen molar-refractivity contribution in [1.82, 2.24) is 10.2 Å². The highest BCUT2D eigenvalue weighted by Crippen LogP contribution is 2.38. The number of aromatic amines is 1. The summed E-state index contributed by atoms with van der Waals surface area (Å²) in [5.41, 5.74) is 5.32. The van der Waals surface area contributed by atoms with Gasteiger partial charge in [0.25, 0.3) is 0 Å². The van der Waals surface area contributed by atoms with Crippen LogP contribution < -0.4 is 4.90 Å². The van der Waals surface area contributed by atoms with Gasteiger partial charge in [0.2, 0.25) is 0 Å². The first-order valence-electron chi connectivity index (χ1n) is 7.79. The Morgan fingerprint density at radius 1 is 1.00 bits per heavy atom. The molecule has 22 heavy (non-hydrogen) atoms. The number of fused-ring (bicyclic) bond motifs is 1. The molecule has 0 saturated carbocycles. The van der Waals surface area contributed by atoms with E-state index in [9.17, 15) is 0 Å². The molecule has 3 heteroatoms. The summed E-state index contributed by atoms with van der Waals surface area (Å²) in [4.78, 5) is 2.48. The highest BCUT2D eigenvalue weighted by atomic mass is 15.1. The van der Waals surface area contributed by atoms with Crippen molar-refractivity contribution in [3.05, 3.63) is 83.7 Å². The van der Waals surface area contributed by atoms with Gasteiger partial charge in [-0.15, -0.1) is 0 Å². The third-order valence-electron chi connectivity index (χ3n) is 4.45. The maximum absolute atomic E-state index is 4.12. The molecule has 2 heterocycles. The molecule has 1 aliphatic heterocycles. The standard InChI is InChI=1S/C19H19N3/c1-2-6-15(7-3-1)14-22-13-11-16(18-10-12-20-21-18)17-8-4-5-9-19(17)22/h1-10,12,16H,11,13-14H2,(H,20,21)/t16-/m0/s1.